The van der Waals surface area contributed by atoms with Crippen LogP contribution >= 0.6 is 11.6 Å². The van der Waals surface area contributed by atoms with Crippen molar-refractivity contribution in [2.24, 2.45) is 0 Å². The van der Waals surface area contributed by atoms with Gasteiger partial charge in [0, 0.05) is 17.3 Å². The summed E-state index contributed by atoms with van der Waals surface area (Å²) in [5.41, 5.74) is 7.43. The molecule has 2 aromatic rings. The van der Waals surface area contributed by atoms with Gasteiger partial charge in [0.05, 0.1) is 6.54 Å². The molecule has 1 heterocycles. The Labute approximate surface area is 112 Å². The predicted molar refractivity (Wildman–Crippen MR) is 74.5 cm³/mol. The molecule has 0 saturated carbocycles. The van der Waals surface area contributed by atoms with Gasteiger partial charge >= 0.3 is 0 Å². The zero-order chi connectivity index (χ0) is 13.1. The topological polar surface area (TPSA) is 42.4 Å². The van der Waals surface area contributed by atoms with Crippen molar-refractivity contribution in [1.29, 1.82) is 0 Å². The first-order chi connectivity index (χ1) is 8.54. The number of halogens is 1. The molecule has 4 heteroatoms. The summed E-state index contributed by atoms with van der Waals surface area (Å²) in [6.45, 7) is 3.47. The maximum Gasteiger partial charge on any atom is 0.118 e. The van der Waals surface area contributed by atoms with Gasteiger partial charge in [-0.2, -0.15) is 0 Å². The van der Waals surface area contributed by atoms with Crippen LogP contribution in [0, 0.1) is 6.92 Å². The van der Waals surface area contributed by atoms with Crippen LogP contribution in [0.4, 0.5) is 5.69 Å². The minimum Gasteiger partial charge on any atom is -0.465 e. The van der Waals surface area contributed by atoms with E-state index < -0.39 is 0 Å². The van der Waals surface area contributed by atoms with Gasteiger partial charge in [0.15, 0.2) is 0 Å². The molecular formula is C14H17ClN2O. The highest BCUT2D eigenvalue weighted by Crippen LogP contribution is 2.21. The van der Waals surface area contributed by atoms with Crippen molar-refractivity contribution in [2.45, 2.75) is 20.0 Å². The molecule has 2 rings (SSSR count). The number of anilines is 1. The number of hydrogen-bond acceptors (Lipinski definition) is 3. The summed E-state index contributed by atoms with van der Waals surface area (Å²) < 4.78 is 5.55. The first-order valence-electron chi connectivity index (χ1n) is 5.82. The van der Waals surface area contributed by atoms with Gasteiger partial charge in [-0.1, -0.05) is 17.7 Å². The third-order valence-corrected chi connectivity index (χ3v) is 3.09. The lowest BCUT2D eigenvalue weighted by Gasteiger charge is -2.16. The molecule has 96 valence electrons. The van der Waals surface area contributed by atoms with Crippen LogP contribution in [0.1, 0.15) is 17.1 Å². The maximum atomic E-state index is 6.15. The van der Waals surface area contributed by atoms with Crippen LogP contribution in [0.25, 0.3) is 0 Å². The molecule has 18 heavy (non-hydrogen) atoms. The number of nitrogens with two attached hydrogens (primary N) is 1. The predicted octanol–water partition coefficient (Wildman–Crippen LogP) is 3.46. The van der Waals surface area contributed by atoms with Crippen molar-refractivity contribution in [2.75, 3.05) is 12.8 Å². The molecule has 1 aromatic heterocycles. The van der Waals surface area contributed by atoms with E-state index >= 15 is 0 Å². The number of rotatable bonds is 4. The number of nitrogens with zero attached hydrogens (tertiary/aromatic N) is 1. The zero-order valence-electron chi connectivity index (χ0n) is 10.6. The Kier molecular flexibility index (Phi) is 3.94. The molecule has 2 N–H and O–H groups in total. The fraction of sp³-hybridized carbons (Fsp3) is 0.286. The summed E-state index contributed by atoms with van der Waals surface area (Å²) >= 11 is 6.15. The smallest absolute Gasteiger partial charge is 0.118 e. The molecule has 0 aliphatic carbocycles. The molecule has 0 amide bonds. The molecule has 0 spiro atoms. The molecule has 0 unspecified atom stereocenters. The summed E-state index contributed by atoms with van der Waals surface area (Å²) in [5.74, 6) is 1.89. The van der Waals surface area contributed by atoms with E-state index in [1.54, 1.807) is 6.07 Å². The Bertz CT molecular complexity index is 536. The van der Waals surface area contributed by atoms with Gasteiger partial charge < -0.3 is 10.2 Å². The Balaban J connectivity index is 2.00. The highest BCUT2D eigenvalue weighted by molar-refractivity contribution is 6.31. The van der Waals surface area contributed by atoms with E-state index in [9.17, 15) is 0 Å². The molecular weight excluding hydrogens is 248 g/mol. The molecule has 0 aliphatic heterocycles. The Morgan fingerprint density at radius 1 is 1.22 bits per heavy atom. The first-order valence-corrected chi connectivity index (χ1v) is 6.20. The minimum absolute atomic E-state index is 0.688. The van der Waals surface area contributed by atoms with Crippen molar-refractivity contribution in [1.82, 2.24) is 4.90 Å². The number of benzene rings is 1. The van der Waals surface area contributed by atoms with Crippen molar-refractivity contribution in [3.05, 3.63) is 52.4 Å². The molecule has 0 radical (unpaired) electrons. The maximum absolute atomic E-state index is 6.15. The summed E-state index contributed by atoms with van der Waals surface area (Å²) in [6.07, 6.45) is 0. The second kappa shape index (κ2) is 5.46. The van der Waals surface area contributed by atoms with Crippen LogP contribution in [0.15, 0.2) is 34.7 Å². The first kappa shape index (κ1) is 13.0. The average Bonchev–Trinajstić information content (AvgIpc) is 2.68. The third-order valence-electron chi connectivity index (χ3n) is 2.74. The monoisotopic (exact) mass is 264 g/mol. The molecule has 3 nitrogen and oxygen atoms in total. The SMILES string of the molecule is Cc1ccc(CN(C)Cc2ccc(N)cc2Cl)o1. The molecule has 0 aliphatic rings. The van der Waals surface area contributed by atoms with Crippen molar-refractivity contribution < 1.29 is 4.42 Å². The average molecular weight is 265 g/mol. The molecule has 1 aromatic carbocycles. The van der Waals surface area contributed by atoms with Crippen LogP contribution in [0.5, 0.6) is 0 Å². The summed E-state index contributed by atoms with van der Waals surface area (Å²) in [5, 5.41) is 0.706. The quantitative estimate of drug-likeness (QED) is 0.860. The molecule has 0 bridgehead atoms. The largest absolute Gasteiger partial charge is 0.465 e. The lowest BCUT2D eigenvalue weighted by Crippen LogP contribution is -2.17. The number of nitrogen functional groups attached to an aromatic ring is 1. The fourth-order valence-electron chi connectivity index (χ4n) is 1.87. The standard InChI is InChI=1S/C14H17ClN2O/c1-10-3-6-13(18-10)9-17(2)8-11-4-5-12(16)7-14(11)15/h3-7H,8-9,16H2,1-2H3. The number of furan rings is 1. The van der Waals surface area contributed by atoms with E-state index in [0.29, 0.717) is 10.7 Å². The second-order valence-electron chi connectivity index (χ2n) is 4.54. The van der Waals surface area contributed by atoms with Crippen molar-refractivity contribution >= 4 is 17.3 Å². The minimum atomic E-state index is 0.688. The molecule has 0 fully saturated rings. The van der Waals surface area contributed by atoms with E-state index in [-0.39, 0.29) is 0 Å². The number of aryl methyl sites for hydroxylation is 1. The van der Waals surface area contributed by atoms with Crippen molar-refractivity contribution in [3.8, 4) is 0 Å². The van der Waals surface area contributed by atoms with Crippen LogP contribution < -0.4 is 5.73 Å². The lowest BCUT2D eigenvalue weighted by molar-refractivity contribution is 0.285. The molecule has 0 saturated heterocycles. The Hall–Kier alpha value is -1.45. The highest BCUT2D eigenvalue weighted by Gasteiger charge is 2.07. The van der Waals surface area contributed by atoms with E-state index in [0.717, 1.165) is 30.2 Å². The normalized spacial score (nSPS) is 11.1. The van der Waals surface area contributed by atoms with Gasteiger partial charge in [-0.05, 0) is 43.8 Å². The Morgan fingerprint density at radius 2 is 2.00 bits per heavy atom. The molecule has 0 atom stereocenters. The van der Waals surface area contributed by atoms with E-state index in [1.165, 1.54) is 0 Å². The van der Waals surface area contributed by atoms with Gasteiger partial charge in [-0.3, -0.25) is 4.90 Å². The third kappa shape index (κ3) is 3.28. The Morgan fingerprint density at radius 3 is 2.61 bits per heavy atom. The van der Waals surface area contributed by atoms with Crippen LogP contribution in [0.3, 0.4) is 0 Å². The second-order valence-corrected chi connectivity index (χ2v) is 4.94. The van der Waals surface area contributed by atoms with Gasteiger partial charge in [0.1, 0.15) is 11.5 Å². The van der Waals surface area contributed by atoms with Crippen LogP contribution in [0.2, 0.25) is 5.02 Å². The van der Waals surface area contributed by atoms with Gasteiger partial charge in [0.25, 0.3) is 0 Å². The number of hydrogen-bond donors (Lipinski definition) is 1. The van der Waals surface area contributed by atoms with Crippen molar-refractivity contribution in [3.63, 3.8) is 0 Å². The zero-order valence-corrected chi connectivity index (χ0v) is 11.4. The summed E-state index contributed by atoms with van der Waals surface area (Å²) in [7, 11) is 2.03. The van der Waals surface area contributed by atoms with E-state index in [2.05, 4.69) is 4.90 Å². The van der Waals surface area contributed by atoms with Gasteiger partial charge in [0.2, 0.25) is 0 Å². The highest BCUT2D eigenvalue weighted by atomic mass is 35.5. The summed E-state index contributed by atoms with van der Waals surface area (Å²) in [6, 6.07) is 9.57. The van der Waals surface area contributed by atoms with Crippen LogP contribution in [-0.2, 0) is 13.1 Å². The van der Waals surface area contributed by atoms with Gasteiger partial charge in [-0.15, -0.1) is 0 Å². The lowest BCUT2D eigenvalue weighted by atomic mass is 10.2. The van der Waals surface area contributed by atoms with E-state index in [1.807, 2.05) is 38.2 Å². The van der Waals surface area contributed by atoms with Gasteiger partial charge in [-0.25, -0.2) is 0 Å². The summed E-state index contributed by atoms with van der Waals surface area (Å²) in [4.78, 5) is 2.15. The fourth-order valence-corrected chi connectivity index (χ4v) is 2.12. The van der Waals surface area contributed by atoms with Crippen LogP contribution in [-0.4, -0.2) is 11.9 Å². The van der Waals surface area contributed by atoms with E-state index in [4.69, 9.17) is 21.8 Å².